The van der Waals surface area contributed by atoms with E-state index in [-0.39, 0.29) is 23.4 Å². The van der Waals surface area contributed by atoms with Crippen LogP contribution in [0.5, 0.6) is 0 Å². The van der Waals surface area contributed by atoms with Crippen molar-refractivity contribution < 1.29 is 9.13 Å². The Morgan fingerprint density at radius 1 is 0.969 bits per heavy atom. The van der Waals surface area contributed by atoms with Crippen molar-refractivity contribution in [2.45, 2.75) is 64.6 Å². The third-order valence-corrected chi connectivity index (χ3v) is 6.85. The molecule has 1 heterocycles. The topological polar surface area (TPSA) is 24.8 Å². The quantitative estimate of drug-likeness (QED) is 0.440. The zero-order valence-corrected chi connectivity index (χ0v) is 20.5. The lowest BCUT2D eigenvalue weighted by molar-refractivity contribution is -0.118. The van der Waals surface area contributed by atoms with Gasteiger partial charge in [-0.15, -0.1) is 0 Å². The van der Waals surface area contributed by atoms with Crippen molar-refractivity contribution in [2.24, 2.45) is 16.8 Å². The van der Waals surface area contributed by atoms with Crippen molar-refractivity contribution in [3.05, 3.63) is 65.5 Å². The second-order valence-electron chi connectivity index (χ2n) is 10.2. The summed E-state index contributed by atoms with van der Waals surface area (Å²) in [6, 6.07) is 15.6. The zero-order chi connectivity index (χ0) is 23.3. The van der Waals surface area contributed by atoms with Crippen molar-refractivity contribution in [3.8, 4) is 0 Å². The van der Waals surface area contributed by atoms with Crippen LogP contribution in [0, 0.1) is 17.7 Å². The molecule has 2 aromatic carbocycles. The van der Waals surface area contributed by atoms with Crippen LogP contribution in [0.4, 0.5) is 10.1 Å². The fourth-order valence-corrected chi connectivity index (χ4v) is 4.65. The maximum absolute atomic E-state index is 13.7. The Kier molecular flexibility index (Phi) is 8.10. The lowest BCUT2D eigenvalue weighted by atomic mass is 9.66. The second kappa shape index (κ2) is 10.6. The second-order valence-corrected chi connectivity index (χ2v) is 10.2. The minimum atomic E-state index is -0.184. The van der Waals surface area contributed by atoms with Gasteiger partial charge in [0.2, 0.25) is 0 Å². The highest BCUT2D eigenvalue weighted by molar-refractivity contribution is 5.80. The normalized spacial score (nSPS) is 23.9. The summed E-state index contributed by atoms with van der Waals surface area (Å²) in [5.74, 6) is 0.696. The van der Waals surface area contributed by atoms with Crippen LogP contribution in [0.3, 0.4) is 0 Å². The van der Waals surface area contributed by atoms with E-state index in [1.54, 1.807) is 12.1 Å². The average Bonchev–Trinajstić information content (AvgIpc) is 2.77. The summed E-state index contributed by atoms with van der Waals surface area (Å²) in [4.78, 5) is 6.88. The molecule has 0 aliphatic carbocycles. The Labute approximate surface area is 193 Å². The van der Waals surface area contributed by atoms with E-state index >= 15 is 0 Å². The maximum Gasteiger partial charge on any atom is 0.123 e. The molecular formula is C28H39FN2O. The standard InChI is InChI=1S/C28H39FN2O/c1-20(2)26-17-28(18-27(32-26)21(3)4,23-9-11-24(29)12-10-23)15-16-30-19-22-7-13-25(14-8-22)31(5)6/h7-14,19-21,26-27H,15-18H2,1-6H3/t26-,27-/m1/s1. The number of hydrogen-bond acceptors (Lipinski definition) is 3. The lowest BCUT2D eigenvalue weighted by Gasteiger charge is -2.47. The first-order valence-corrected chi connectivity index (χ1v) is 11.9. The summed E-state index contributed by atoms with van der Waals surface area (Å²) in [5.41, 5.74) is 3.45. The third kappa shape index (κ3) is 5.98. The molecule has 2 atom stereocenters. The summed E-state index contributed by atoms with van der Waals surface area (Å²) >= 11 is 0. The molecule has 1 aliphatic rings. The summed E-state index contributed by atoms with van der Waals surface area (Å²) in [6.45, 7) is 9.68. The smallest absolute Gasteiger partial charge is 0.123 e. The van der Waals surface area contributed by atoms with Gasteiger partial charge in [-0.2, -0.15) is 0 Å². The molecule has 0 amide bonds. The molecule has 0 saturated carbocycles. The molecule has 0 bridgehead atoms. The fraction of sp³-hybridized carbons (Fsp3) is 0.536. The Morgan fingerprint density at radius 2 is 1.53 bits per heavy atom. The number of ether oxygens (including phenoxy) is 1. The molecule has 174 valence electrons. The molecule has 32 heavy (non-hydrogen) atoms. The number of hydrogen-bond donors (Lipinski definition) is 0. The van der Waals surface area contributed by atoms with Crippen molar-refractivity contribution in [1.82, 2.24) is 0 Å². The van der Waals surface area contributed by atoms with Gasteiger partial charge in [0.1, 0.15) is 5.82 Å². The first kappa shape index (κ1) is 24.4. The first-order valence-electron chi connectivity index (χ1n) is 11.9. The molecule has 0 aromatic heterocycles. The first-order chi connectivity index (χ1) is 15.2. The van der Waals surface area contributed by atoms with Crippen LogP contribution in [0.1, 0.15) is 58.1 Å². The number of aliphatic imine (C=N–C) groups is 1. The van der Waals surface area contributed by atoms with Crippen LogP contribution < -0.4 is 4.90 Å². The Balaban J connectivity index is 1.82. The highest BCUT2D eigenvalue weighted by Gasteiger charge is 2.43. The van der Waals surface area contributed by atoms with Gasteiger partial charge >= 0.3 is 0 Å². The molecule has 0 radical (unpaired) electrons. The fourth-order valence-electron chi connectivity index (χ4n) is 4.65. The molecule has 1 saturated heterocycles. The number of rotatable bonds is 8. The molecule has 4 heteroatoms. The molecule has 0 N–H and O–H groups in total. The van der Waals surface area contributed by atoms with Gasteiger partial charge in [-0.05, 0) is 66.5 Å². The molecule has 0 spiro atoms. The van der Waals surface area contributed by atoms with Crippen LogP contribution in [0.25, 0.3) is 0 Å². The predicted molar refractivity (Wildman–Crippen MR) is 133 cm³/mol. The Morgan fingerprint density at radius 3 is 2.03 bits per heavy atom. The number of halogens is 1. The van der Waals surface area contributed by atoms with Gasteiger partial charge in [0, 0.05) is 38.0 Å². The molecular weight excluding hydrogens is 399 g/mol. The van der Waals surface area contributed by atoms with Gasteiger partial charge in [-0.3, -0.25) is 4.99 Å². The van der Waals surface area contributed by atoms with Gasteiger partial charge in [0.05, 0.1) is 12.2 Å². The summed E-state index contributed by atoms with van der Waals surface area (Å²) < 4.78 is 20.2. The highest BCUT2D eigenvalue weighted by atomic mass is 19.1. The zero-order valence-electron chi connectivity index (χ0n) is 20.5. The minimum Gasteiger partial charge on any atom is -0.378 e. The van der Waals surface area contributed by atoms with Crippen molar-refractivity contribution in [1.29, 1.82) is 0 Å². The van der Waals surface area contributed by atoms with E-state index in [1.807, 2.05) is 32.4 Å². The van der Waals surface area contributed by atoms with E-state index in [0.717, 1.165) is 31.4 Å². The van der Waals surface area contributed by atoms with Crippen LogP contribution in [0.15, 0.2) is 53.5 Å². The summed E-state index contributed by atoms with van der Waals surface area (Å²) in [5, 5.41) is 0. The molecule has 3 nitrogen and oxygen atoms in total. The number of anilines is 1. The molecule has 3 rings (SSSR count). The largest absolute Gasteiger partial charge is 0.378 e. The Bertz CT molecular complexity index is 855. The van der Waals surface area contributed by atoms with Gasteiger partial charge in [-0.1, -0.05) is 52.0 Å². The van der Waals surface area contributed by atoms with Gasteiger partial charge in [0.15, 0.2) is 0 Å². The summed E-state index contributed by atoms with van der Waals surface area (Å²) in [6.07, 6.45) is 5.20. The van der Waals surface area contributed by atoms with E-state index in [4.69, 9.17) is 9.73 Å². The highest BCUT2D eigenvalue weighted by Crippen LogP contribution is 2.45. The predicted octanol–water partition coefficient (Wildman–Crippen LogP) is 6.50. The Hall–Kier alpha value is -2.20. The molecule has 1 fully saturated rings. The number of benzene rings is 2. The van der Waals surface area contributed by atoms with E-state index in [0.29, 0.717) is 11.8 Å². The van der Waals surface area contributed by atoms with E-state index in [9.17, 15) is 4.39 Å². The van der Waals surface area contributed by atoms with Crippen molar-refractivity contribution in [2.75, 3.05) is 25.5 Å². The van der Waals surface area contributed by atoms with Crippen LogP contribution in [0.2, 0.25) is 0 Å². The average molecular weight is 439 g/mol. The van der Waals surface area contributed by atoms with Crippen LogP contribution >= 0.6 is 0 Å². The minimum absolute atomic E-state index is 0.0536. The lowest BCUT2D eigenvalue weighted by Crippen LogP contribution is -2.47. The monoisotopic (exact) mass is 438 g/mol. The van der Waals surface area contributed by atoms with Crippen LogP contribution in [-0.4, -0.2) is 39.1 Å². The van der Waals surface area contributed by atoms with E-state index < -0.39 is 0 Å². The number of nitrogens with zero attached hydrogens (tertiary/aromatic N) is 2. The van der Waals surface area contributed by atoms with Gasteiger partial charge in [-0.25, -0.2) is 4.39 Å². The maximum atomic E-state index is 13.7. The third-order valence-electron chi connectivity index (χ3n) is 6.85. The van der Waals surface area contributed by atoms with E-state index in [2.05, 4.69) is 56.9 Å². The van der Waals surface area contributed by atoms with Crippen molar-refractivity contribution in [3.63, 3.8) is 0 Å². The van der Waals surface area contributed by atoms with Gasteiger partial charge in [0.25, 0.3) is 0 Å². The molecule has 1 aliphatic heterocycles. The summed E-state index contributed by atoms with van der Waals surface area (Å²) in [7, 11) is 4.08. The SMILES string of the molecule is CC(C)[C@H]1CC(CCN=Cc2ccc(N(C)C)cc2)(c2ccc(F)cc2)C[C@H](C(C)C)O1. The van der Waals surface area contributed by atoms with Crippen LogP contribution in [-0.2, 0) is 10.2 Å². The van der Waals surface area contributed by atoms with E-state index in [1.165, 1.54) is 11.3 Å². The molecule has 2 aromatic rings. The van der Waals surface area contributed by atoms with Gasteiger partial charge < -0.3 is 9.64 Å². The van der Waals surface area contributed by atoms with Crippen molar-refractivity contribution >= 4 is 11.9 Å². The molecule has 0 unspecified atom stereocenters.